The summed E-state index contributed by atoms with van der Waals surface area (Å²) in [4.78, 5) is 33.7. The van der Waals surface area contributed by atoms with Gasteiger partial charge in [-0.15, -0.1) is 23.1 Å². The Balaban J connectivity index is 1.88. The molecule has 0 aliphatic carbocycles. The number of H-pyrrole nitrogens is 1. The van der Waals surface area contributed by atoms with Crippen LogP contribution in [0.1, 0.15) is 5.82 Å². The number of aromatic amines is 1. The Morgan fingerprint density at radius 3 is 2.80 bits per heavy atom. The second-order valence-electron chi connectivity index (χ2n) is 5.60. The highest BCUT2D eigenvalue weighted by atomic mass is 35.5. The van der Waals surface area contributed by atoms with E-state index < -0.39 is 0 Å². The van der Waals surface area contributed by atoms with Gasteiger partial charge in [-0.05, 0) is 6.07 Å². The summed E-state index contributed by atoms with van der Waals surface area (Å²) >= 11 is 9.10. The quantitative estimate of drug-likeness (QED) is 0.718. The van der Waals surface area contributed by atoms with Crippen molar-refractivity contribution < 1.29 is 4.79 Å². The molecule has 2 heterocycles. The summed E-state index contributed by atoms with van der Waals surface area (Å²) in [6.45, 7) is 0. The molecule has 0 bridgehead atoms. The van der Waals surface area contributed by atoms with Crippen LogP contribution in [0.3, 0.4) is 0 Å². The molecule has 8 heteroatoms. The summed E-state index contributed by atoms with van der Waals surface area (Å²) in [6, 6.07) is 7.43. The SMILES string of the molecule is CN(C)C(=O)CSCc1nc2scc(-c3ccccc3Cl)c2c(=O)[nH]1. The predicted octanol–water partition coefficient (Wildman–Crippen LogP) is 3.63. The lowest BCUT2D eigenvalue weighted by Crippen LogP contribution is -2.23. The van der Waals surface area contributed by atoms with Crippen LogP contribution in [-0.2, 0) is 10.5 Å². The van der Waals surface area contributed by atoms with Gasteiger partial charge in [0.2, 0.25) is 5.91 Å². The molecular weight excluding hydrogens is 378 g/mol. The van der Waals surface area contributed by atoms with Crippen molar-refractivity contribution >= 4 is 50.8 Å². The van der Waals surface area contributed by atoms with Gasteiger partial charge in [-0.25, -0.2) is 4.98 Å². The molecule has 0 unspecified atom stereocenters. The van der Waals surface area contributed by atoms with E-state index in [0.717, 1.165) is 11.1 Å². The smallest absolute Gasteiger partial charge is 0.260 e. The summed E-state index contributed by atoms with van der Waals surface area (Å²) in [5.74, 6) is 1.43. The average Bonchev–Trinajstić information content (AvgIpc) is 2.99. The van der Waals surface area contributed by atoms with Gasteiger partial charge in [0, 0.05) is 35.6 Å². The Bertz CT molecular complexity index is 981. The number of hydrogen-bond donors (Lipinski definition) is 1. The Kier molecular flexibility index (Phi) is 5.46. The van der Waals surface area contributed by atoms with Crippen molar-refractivity contribution in [3.63, 3.8) is 0 Å². The third kappa shape index (κ3) is 3.89. The number of carbonyl (C=O) groups excluding carboxylic acids is 1. The number of hydrogen-bond acceptors (Lipinski definition) is 5. The first-order valence-corrected chi connectivity index (χ1v) is 9.92. The molecule has 0 aliphatic rings. The Hall–Kier alpha value is -1.83. The van der Waals surface area contributed by atoms with Crippen LogP contribution in [0, 0.1) is 0 Å². The first-order valence-electron chi connectivity index (χ1n) is 7.50. The van der Waals surface area contributed by atoms with Crippen molar-refractivity contribution in [1.29, 1.82) is 0 Å². The standard InChI is InChI=1S/C17H16ClN3O2S2/c1-21(2)14(22)9-24-8-13-19-16(23)15-11(7-25-17(15)20-13)10-5-3-4-6-12(10)18/h3-7H,8-9H2,1-2H3,(H,19,20,23). The highest BCUT2D eigenvalue weighted by Gasteiger charge is 2.15. The largest absolute Gasteiger partial charge is 0.348 e. The monoisotopic (exact) mass is 393 g/mol. The van der Waals surface area contributed by atoms with E-state index in [9.17, 15) is 9.59 Å². The van der Waals surface area contributed by atoms with E-state index in [1.807, 2.05) is 23.6 Å². The third-order valence-corrected chi connectivity index (χ3v) is 5.75. The molecule has 0 spiro atoms. The number of nitrogens with one attached hydrogen (secondary N) is 1. The summed E-state index contributed by atoms with van der Waals surface area (Å²) in [5.41, 5.74) is 1.43. The molecule has 3 aromatic rings. The van der Waals surface area contributed by atoms with E-state index in [2.05, 4.69) is 9.97 Å². The van der Waals surface area contributed by atoms with Crippen molar-refractivity contribution in [2.75, 3.05) is 19.8 Å². The van der Waals surface area contributed by atoms with Crippen LogP contribution in [0.25, 0.3) is 21.3 Å². The molecule has 3 rings (SSSR count). The topological polar surface area (TPSA) is 66.1 Å². The molecule has 0 saturated heterocycles. The fraction of sp³-hybridized carbons (Fsp3) is 0.235. The van der Waals surface area contributed by atoms with Crippen molar-refractivity contribution in [2.45, 2.75) is 5.75 Å². The minimum atomic E-state index is -0.185. The highest BCUT2D eigenvalue weighted by molar-refractivity contribution is 7.99. The molecule has 0 atom stereocenters. The second-order valence-corrected chi connectivity index (χ2v) is 7.85. The van der Waals surface area contributed by atoms with E-state index in [4.69, 9.17) is 11.6 Å². The maximum Gasteiger partial charge on any atom is 0.260 e. The summed E-state index contributed by atoms with van der Waals surface area (Å²) in [6.07, 6.45) is 0. The Labute approximate surface area is 158 Å². The second kappa shape index (κ2) is 7.59. The number of nitrogens with zero attached hydrogens (tertiary/aromatic N) is 2. The molecule has 25 heavy (non-hydrogen) atoms. The number of thiophene rings is 1. The molecule has 0 aliphatic heterocycles. The lowest BCUT2D eigenvalue weighted by Gasteiger charge is -2.09. The molecule has 130 valence electrons. The maximum atomic E-state index is 12.6. The van der Waals surface area contributed by atoms with E-state index >= 15 is 0 Å². The lowest BCUT2D eigenvalue weighted by molar-refractivity contribution is -0.125. The predicted molar refractivity (Wildman–Crippen MR) is 106 cm³/mol. The van der Waals surface area contributed by atoms with Crippen LogP contribution in [0.15, 0.2) is 34.4 Å². The number of thioether (sulfide) groups is 1. The first-order chi connectivity index (χ1) is 12.0. The summed E-state index contributed by atoms with van der Waals surface area (Å²) in [5, 5.41) is 3.06. The Morgan fingerprint density at radius 1 is 1.32 bits per heavy atom. The average molecular weight is 394 g/mol. The van der Waals surface area contributed by atoms with Gasteiger partial charge >= 0.3 is 0 Å². The van der Waals surface area contributed by atoms with Crippen LogP contribution in [0.4, 0.5) is 0 Å². The molecule has 1 amide bonds. The Morgan fingerprint density at radius 2 is 2.08 bits per heavy atom. The fourth-order valence-electron chi connectivity index (χ4n) is 2.30. The zero-order valence-electron chi connectivity index (χ0n) is 13.7. The van der Waals surface area contributed by atoms with Gasteiger partial charge in [0.15, 0.2) is 0 Å². The van der Waals surface area contributed by atoms with E-state index in [1.54, 1.807) is 25.1 Å². The molecule has 2 aromatic heterocycles. The maximum absolute atomic E-state index is 12.6. The lowest BCUT2D eigenvalue weighted by atomic mass is 10.1. The van der Waals surface area contributed by atoms with Crippen molar-refractivity contribution in [2.24, 2.45) is 0 Å². The van der Waals surface area contributed by atoms with Crippen molar-refractivity contribution in [1.82, 2.24) is 14.9 Å². The van der Waals surface area contributed by atoms with Crippen LogP contribution in [0.2, 0.25) is 5.02 Å². The third-order valence-electron chi connectivity index (χ3n) is 3.62. The van der Waals surface area contributed by atoms with Gasteiger partial charge in [-0.3, -0.25) is 9.59 Å². The van der Waals surface area contributed by atoms with Gasteiger partial charge in [-0.1, -0.05) is 29.8 Å². The van der Waals surface area contributed by atoms with Crippen LogP contribution >= 0.6 is 34.7 Å². The number of benzene rings is 1. The minimum absolute atomic E-state index is 0.0329. The van der Waals surface area contributed by atoms with Crippen LogP contribution in [0.5, 0.6) is 0 Å². The summed E-state index contributed by atoms with van der Waals surface area (Å²) < 4.78 is 0. The number of amides is 1. The fourth-order valence-corrected chi connectivity index (χ4v) is 4.36. The van der Waals surface area contributed by atoms with E-state index in [1.165, 1.54) is 23.1 Å². The van der Waals surface area contributed by atoms with Crippen LogP contribution in [-0.4, -0.2) is 40.6 Å². The summed E-state index contributed by atoms with van der Waals surface area (Å²) in [7, 11) is 3.44. The number of halogens is 1. The molecule has 0 fully saturated rings. The number of rotatable bonds is 5. The molecule has 0 radical (unpaired) electrons. The van der Waals surface area contributed by atoms with Gasteiger partial charge < -0.3 is 9.88 Å². The van der Waals surface area contributed by atoms with Gasteiger partial charge in [0.25, 0.3) is 5.56 Å². The first kappa shape index (κ1) is 18.0. The van der Waals surface area contributed by atoms with Crippen molar-refractivity contribution in [3.8, 4) is 11.1 Å². The molecule has 0 saturated carbocycles. The molecule has 5 nitrogen and oxygen atoms in total. The molecule has 1 aromatic carbocycles. The molecular formula is C17H16ClN3O2S2. The minimum Gasteiger partial charge on any atom is -0.348 e. The number of carbonyl (C=O) groups is 1. The highest BCUT2D eigenvalue weighted by Crippen LogP contribution is 2.34. The normalized spacial score (nSPS) is 11.0. The van der Waals surface area contributed by atoms with Gasteiger partial charge in [0.1, 0.15) is 10.7 Å². The number of aromatic nitrogens is 2. The van der Waals surface area contributed by atoms with Gasteiger partial charge in [0.05, 0.1) is 16.9 Å². The number of fused-ring (bicyclic) bond motifs is 1. The van der Waals surface area contributed by atoms with Crippen LogP contribution < -0.4 is 5.56 Å². The van der Waals surface area contributed by atoms with E-state index in [-0.39, 0.29) is 11.5 Å². The van der Waals surface area contributed by atoms with E-state index in [0.29, 0.717) is 32.6 Å². The van der Waals surface area contributed by atoms with Gasteiger partial charge in [-0.2, -0.15) is 0 Å². The molecule has 1 N–H and O–H groups in total. The van der Waals surface area contributed by atoms with Crippen molar-refractivity contribution in [3.05, 3.63) is 50.8 Å². The zero-order chi connectivity index (χ0) is 18.0. The zero-order valence-corrected chi connectivity index (χ0v) is 16.1.